The van der Waals surface area contributed by atoms with E-state index in [4.69, 9.17) is 0 Å². The van der Waals surface area contributed by atoms with Crippen molar-refractivity contribution in [2.75, 3.05) is 11.9 Å². The Labute approximate surface area is 174 Å². The highest BCUT2D eigenvalue weighted by Gasteiger charge is 2.38. The molecule has 1 unspecified atom stereocenters. The number of hydrogen-bond acceptors (Lipinski definition) is 4. The molecule has 0 bridgehead atoms. The van der Waals surface area contributed by atoms with E-state index in [2.05, 4.69) is 15.5 Å². The van der Waals surface area contributed by atoms with E-state index in [0.717, 1.165) is 17.5 Å². The first-order chi connectivity index (χ1) is 14.4. The van der Waals surface area contributed by atoms with Gasteiger partial charge in [-0.1, -0.05) is 12.1 Å². The van der Waals surface area contributed by atoms with Gasteiger partial charge in [-0.15, -0.1) is 0 Å². The number of halogens is 1. The Hall–Kier alpha value is -3.04. The summed E-state index contributed by atoms with van der Waals surface area (Å²) in [6.45, 7) is 1.78. The van der Waals surface area contributed by atoms with Crippen LogP contribution in [0.15, 0.2) is 59.6 Å². The molecule has 1 atom stereocenters. The minimum absolute atomic E-state index is 0.159. The summed E-state index contributed by atoms with van der Waals surface area (Å²) in [5, 5.41) is 9.69. The summed E-state index contributed by atoms with van der Waals surface area (Å²) < 4.78 is 41.4. The highest BCUT2D eigenvalue weighted by atomic mass is 32.2. The van der Waals surface area contributed by atoms with Crippen molar-refractivity contribution in [3.05, 3.63) is 66.2 Å². The number of anilines is 1. The average Bonchev–Trinajstić information content (AvgIpc) is 3.38. The van der Waals surface area contributed by atoms with E-state index < -0.39 is 16.1 Å². The van der Waals surface area contributed by atoms with Gasteiger partial charge in [-0.3, -0.25) is 9.89 Å². The zero-order chi connectivity index (χ0) is 21.3. The van der Waals surface area contributed by atoms with Crippen molar-refractivity contribution in [3.63, 3.8) is 0 Å². The van der Waals surface area contributed by atoms with Crippen molar-refractivity contribution in [1.82, 2.24) is 14.5 Å². The zero-order valence-electron chi connectivity index (χ0n) is 16.3. The summed E-state index contributed by atoms with van der Waals surface area (Å²) in [7, 11) is -3.75. The maximum absolute atomic E-state index is 13.3. The number of amides is 1. The minimum atomic E-state index is -3.75. The van der Waals surface area contributed by atoms with Crippen molar-refractivity contribution < 1.29 is 17.6 Å². The molecule has 1 amide bonds. The van der Waals surface area contributed by atoms with Crippen LogP contribution in [0.3, 0.4) is 0 Å². The third kappa shape index (κ3) is 3.86. The SMILES string of the molecule is CC(=O)Nc1ccc(S(=O)(=O)N2CCCC2c2[nH]ncc2-c2ccc(F)cc2)cc1. The van der Waals surface area contributed by atoms with Crippen LogP contribution in [0, 0.1) is 5.82 Å². The smallest absolute Gasteiger partial charge is 0.243 e. The van der Waals surface area contributed by atoms with Gasteiger partial charge in [0, 0.05) is 24.7 Å². The fourth-order valence-electron chi connectivity index (χ4n) is 3.77. The molecule has 2 aromatic carbocycles. The third-order valence-electron chi connectivity index (χ3n) is 5.14. The fraction of sp³-hybridized carbons (Fsp3) is 0.238. The van der Waals surface area contributed by atoms with Gasteiger partial charge in [-0.2, -0.15) is 9.40 Å². The van der Waals surface area contributed by atoms with Crippen LogP contribution in [0.4, 0.5) is 10.1 Å². The molecular weight excluding hydrogens is 407 g/mol. The molecule has 0 aliphatic carbocycles. The highest BCUT2D eigenvalue weighted by Crippen LogP contribution is 2.39. The summed E-state index contributed by atoms with van der Waals surface area (Å²) in [5.74, 6) is -0.561. The van der Waals surface area contributed by atoms with Crippen molar-refractivity contribution in [3.8, 4) is 11.1 Å². The number of carbonyl (C=O) groups is 1. The monoisotopic (exact) mass is 428 g/mol. The van der Waals surface area contributed by atoms with E-state index in [-0.39, 0.29) is 16.6 Å². The van der Waals surface area contributed by atoms with E-state index in [1.54, 1.807) is 30.5 Å². The number of nitrogens with one attached hydrogen (secondary N) is 2. The van der Waals surface area contributed by atoms with Crippen LogP contribution in [0.2, 0.25) is 0 Å². The molecule has 1 aliphatic rings. The Morgan fingerprint density at radius 2 is 1.87 bits per heavy atom. The number of aromatic nitrogens is 2. The fourth-order valence-corrected chi connectivity index (χ4v) is 5.44. The van der Waals surface area contributed by atoms with Crippen LogP contribution < -0.4 is 5.32 Å². The average molecular weight is 428 g/mol. The number of hydrogen-bond donors (Lipinski definition) is 2. The van der Waals surface area contributed by atoms with Crippen molar-refractivity contribution in [2.24, 2.45) is 0 Å². The van der Waals surface area contributed by atoms with E-state index in [0.29, 0.717) is 24.3 Å². The Kier molecular flexibility index (Phi) is 5.40. The molecule has 30 heavy (non-hydrogen) atoms. The van der Waals surface area contributed by atoms with Crippen LogP contribution in [0.1, 0.15) is 31.5 Å². The Morgan fingerprint density at radius 3 is 2.53 bits per heavy atom. The van der Waals surface area contributed by atoms with Gasteiger partial charge >= 0.3 is 0 Å². The van der Waals surface area contributed by atoms with Crippen molar-refractivity contribution in [2.45, 2.75) is 30.7 Å². The normalized spacial score (nSPS) is 17.2. The van der Waals surface area contributed by atoms with Crippen LogP contribution in [0.5, 0.6) is 0 Å². The molecule has 1 saturated heterocycles. The molecule has 2 N–H and O–H groups in total. The summed E-state index contributed by atoms with van der Waals surface area (Å²) in [6, 6.07) is 11.8. The molecule has 2 heterocycles. The van der Waals surface area contributed by atoms with Gasteiger partial charge in [0.25, 0.3) is 0 Å². The quantitative estimate of drug-likeness (QED) is 0.648. The molecule has 4 rings (SSSR count). The number of benzene rings is 2. The molecule has 3 aromatic rings. The van der Waals surface area contributed by atoms with Gasteiger partial charge in [-0.25, -0.2) is 12.8 Å². The highest BCUT2D eigenvalue weighted by molar-refractivity contribution is 7.89. The number of nitrogens with zero attached hydrogens (tertiary/aromatic N) is 2. The van der Waals surface area contributed by atoms with Crippen LogP contribution in [-0.2, 0) is 14.8 Å². The molecule has 0 spiro atoms. The number of aromatic amines is 1. The largest absolute Gasteiger partial charge is 0.326 e. The summed E-state index contributed by atoms with van der Waals surface area (Å²) in [6.07, 6.45) is 3.00. The van der Waals surface area contributed by atoms with Gasteiger partial charge < -0.3 is 5.32 Å². The third-order valence-corrected chi connectivity index (χ3v) is 7.06. The Balaban J connectivity index is 1.65. The first kappa shape index (κ1) is 20.2. The second-order valence-corrected chi connectivity index (χ2v) is 9.07. The van der Waals surface area contributed by atoms with Crippen LogP contribution in [0.25, 0.3) is 11.1 Å². The first-order valence-electron chi connectivity index (χ1n) is 9.55. The van der Waals surface area contributed by atoms with Crippen LogP contribution >= 0.6 is 0 Å². The van der Waals surface area contributed by atoms with E-state index in [9.17, 15) is 17.6 Å². The van der Waals surface area contributed by atoms with Gasteiger partial charge in [0.1, 0.15) is 5.82 Å². The zero-order valence-corrected chi connectivity index (χ0v) is 17.1. The predicted molar refractivity (Wildman–Crippen MR) is 111 cm³/mol. The maximum atomic E-state index is 13.3. The number of carbonyl (C=O) groups excluding carboxylic acids is 1. The standard InChI is InChI=1S/C21H21FN4O3S/c1-14(27)24-17-8-10-18(11-9-17)30(28,29)26-12-2-3-20(26)21-19(13-23-25-21)15-4-6-16(22)7-5-15/h4-11,13,20H,2-3,12H2,1H3,(H,23,25)(H,24,27). The summed E-state index contributed by atoms with van der Waals surface area (Å²) in [5.41, 5.74) is 2.75. The number of sulfonamides is 1. The molecule has 9 heteroatoms. The molecule has 156 valence electrons. The molecule has 0 saturated carbocycles. The molecular formula is C21H21FN4O3S. The van der Waals surface area contributed by atoms with E-state index in [1.807, 2.05) is 0 Å². The second-order valence-electron chi connectivity index (χ2n) is 7.18. The molecule has 7 nitrogen and oxygen atoms in total. The Bertz CT molecular complexity index is 1160. The lowest BCUT2D eigenvalue weighted by Gasteiger charge is -2.24. The molecule has 1 aromatic heterocycles. The van der Waals surface area contributed by atoms with Gasteiger partial charge in [0.15, 0.2) is 0 Å². The topological polar surface area (TPSA) is 95.2 Å². The maximum Gasteiger partial charge on any atom is 0.243 e. The van der Waals surface area contributed by atoms with Crippen LogP contribution in [-0.4, -0.2) is 35.4 Å². The number of H-pyrrole nitrogens is 1. The summed E-state index contributed by atoms with van der Waals surface area (Å²) >= 11 is 0. The predicted octanol–water partition coefficient (Wildman–Crippen LogP) is 3.70. The van der Waals surface area contributed by atoms with Gasteiger partial charge in [0.05, 0.1) is 22.8 Å². The minimum Gasteiger partial charge on any atom is -0.326 e. The Morgan fingerprint density at radius 1 is 1.17 bits per heavy atom. The second kappa shape index (κ2) is 8.00. The molecule has 0 radical (unpaired) electrons. The lowest BCUT2D eigenvalue weighted by Crippen LogP contribution is -2.31. The lowest BCUT2D eigenvalue weighted by atomic mass is 10.0. The lowest BCUT2D eigenvalue weighted by molar-refractivity contribution is -0.114. The molecule has 1 aliphatic heterocycles. The van der Waals surface area contributed by atoms with Gasteiger partial charge in [-0.05, 0) is 54.8 Å². The first-order valence-corrected chi connectivity index (χ1v) is 11.0. The van der Waals surface area contributed by atoms with Crippen molar-refractivity contribution >= 4 is 21.6 Å². The number of rotatable bonds is 5. The van der Waals surface area contributed by atoms with Crippen molar-refractivity contribution in [1.29, 1.82) is 0 Å². The molecule has 1 fully saturated rings. The van der Waals surface area contributed by atoms with E-state index in [1.165, 1.54) is 35.5 Å². The van der Waals surface area contributed by atoms with E-state index >= 15 is 0 Å². The van der Waals surface area contributed by atoms with Gasteiger partial charge in [0.2, 0.25) is 15.9 Å². The summed E-state index contributed by atoms with van der Waals surface area (Å²) in [4.78, 5) is 11.3.